The van der Waals surface area contributed by atoms with Crippen LogP contribution in [0, 0.1) is 0 Å². The second kappa shape index (κ2) is 2.59. The van der Waals surface area contributed by atoms with Gasteiger partial charge in [-0.2, -0.15) is 0 Å². The number of amides is 2. The van der Waals surface area contributed by atoms with Crippen molar-refractivity contribution in [1.29, 1.82) is 0 Å². The number of hydrogen-bond donors (Lipinski definition) is 2. The summed E-state index contributed by atoms with van der Waals surface area (Å²) in [6.45, 7) is 0. The van der Waals surface area contributed by atoms with E-state index in [9.17, 15) is 9.18 Å². The first-order valence-electron chi connectivity index (χ1n) is 4.80. The van der Waals surface area contributed by atoms with Gasteiger partial charge in [-0.1, -0.05) is 0 Å². The SMILES string of the molecule is NC(=O)NC12CCC(F)(CC1)CC2. The molecule has 0 spiro atoms. The van der Waals surface area contributed by atoms with Crippen molar-refractivity contribution in [2.24, 2.45) is 5.73 Å². The third kappa shape index (κ3) is 1.49. The van der Waals surface area contributed by atoms with E-state index in [1.807, 2.05) is 0 Å². The molecule has 0 aromatic heterocycles. The van der Waals surface area contributed by atoms with Crippen molar-refractivity contribution in [3.8, 4) is 0 Å². The number of urea groups is 1. The maximum Gasteiger partial charge on any atom is 0.312 e. The first kappa shape index (κ1) is 8.78. The number of nitrogens with one attached hydrogen (secondary N) is 1. The first-order valence-corrected chi connectivity index (χ1v) is 4.80. The molecule has 0 heterocycles. The summed E-state index contributed by atoms with van der Waals surface area (Å²) in [4.78, 5) is 10.7. The van der Waals surface area contributed by atoms with Gasteiger partial charge in [0.1, 0.15) is 5.67 Å². The van der Waals surface area contributed by atoms with Crippen molar-refractivity contribution < 1.29 is 9.18 Å². The van der Waals surface area contributed by atoms with E-state index in [2.05, 4.69) is 5.32 Å². The Morgan fingerprint density at radius 3 is 2.00 bits per heavy atom. The Hall–Kier alpha value is -0.800. The monoisotopic (exact) mass is 186 g/mol. The molecule has 0 saturated heterocycles. The average Bonchev–Trinajstić information content (AvgIpc) is 2.07. The van der Waals surface area contributed by atoms with Gasteiger partial charge in [-0.25, -0.2) is 9.18 Å². The summed E-state index contributed by atoms with van der Waals surface area (Å²) in [5.74, 6) is 0. The van der Waals surface area contributed by atoms with Crippen LogP contribution in [0.25, 0.3) is 0 Å². The molecule has 3 nitrogen and oxygen atoms in total. The maximum absolute atomic E-state index is 13.7. The highest BCUT2D eigenvalue weighted by molar-refractivity contribution is 5.72. The van der Waals surface area contributed by atoms with Gasteiger partial charge in [0.2, 0.25) is 0 Å². The molecule has 3 rings (SSSR count). The van der Waals surface area contributed by atoms with Crippen LogP contribution in [-0.4, -0.2) is 17.2 Å². The lowest BCUT2D eigenvalue weighted by molar-refractivity contribution is -0.00297. The predicted octanol–water partition coefficient (Wildman–Crippen LogP) is 1.47. The molecule has 0 radical (unpaired) electrons. The van der Waals surface area contributed by atoms with Crippen molar-refractivity contribution in [1.82, 2.24) is 5.32 Å². The standard InChI is InChI=1S/C9H15FN2O/c10-8-1-4-9(5-2-8,6-3-8)12-7(11)13/h1-6H2,(H3,11,12,13). The minimum absolute atomic E-state index is 0.181. The Morgan fingerprint density at radius 2 is 1.62 bits per heavy atom. The summed E-state index contributed by atoms with van der Waals surface area (Å²) in [5.41, 5.74) is 3.97. The van der Waals surface area contributed by atoms with Crippen LogP contribution in [0.5, 0.6) is 0 Å². The van der Waals surface area contributed by atoms with Crippen molar-refractivity contribution >= 4 is 6.03 Å². The molecule has 3 aliphatic carbocycles. The van der Waals surface area contributed by atoms with E-state index >= 15 is 0 Å². The number of carbonyl (C=O) groups is 1. The van der Waals surface area contributed by atoms with E-state index in [0.717, 1.165) is 19.3 Å². The first-order chi connectivity index (χ1) is 6.04. The minimum atomic E-state index is -0.943. The lowest BCUT2D eigenvalue weighted by Crippen LogP contribution is -2.58. The molecule has 0 aromatic rings. The Morgan fingerprint density at radius 1 is 1.15 bits per heavy atom. The quantitative estimate of drug-likeness (QED) is 0.640. The molecular weight excluding hydrogens is 171 g/mol. The largest absolute Gasteiger partial charge is 0.352 e. The molecule has 3 N–H and O–H groups in total. The van der Waals surface area contributed by atoms with E-state index in [1.54, 1.807) is 0 Å². The molecule has 0 atom stereocenters. The number of carbonyl (C=O) groups excluding carboxylic acids is 1. The van der Waals surface area contributed by atoms with E-state index in [1.165, 1.54) is 0 Å². The summed E-state index contributed by atoms with van der Waals surface area (Å²) in [6.07, 6.45) is 3.96. The molecule has 74 valence electrons. The molecule has 3 fully saturated rings. The zero-order chi connectivity index (χ0) is 9.53. The van der Waals surface area contributed by atoms with Crippen molar-refractivity contribution in [2.45, 2.75) is 49.7 Å². The second-order valence-corrected chi connectivity index (χ2v) is 4.42. The van der Waals surface area contributed by atoms with Crippen LogP contribution in [-0.2, 0) is 0 Å². The summed E-state index contributed by atoms with van der Waals surface area (Å²) < 4.78 is 13.7. The fourth-order valence-corrected chi connectivity index (χ4v) is 2.59. The van der Waals surface area contributed by atoms with Gasteiger partial charge in [0.15, 0.2) is 0 Å². The highest BCUT2D eigenvalue weighted by atomic mass is 19.1. The third-order valence-electron chi connectivity index (χ3n) is 3.54. The second-order valence-electron chi connectivity index (χ2n) is 4.42. The molecule has 3 aliphatic rings. The van der Waals surface area contributed by atoms with Gasteiger partial charge < -0.3 is 11.1 Å². The normalized spacial score (nSPS) is 43.2. The molecule has 3 saturated carbocycles. The van der Waals surface area contributed by atoms with Crippen LogP contribution < -0.4 is 11.1 Å². The smallest absolute Gasteiger partial charge is 0.312 e. The fraction of sp³-hybridized carbons (Fsp3) is 0.889. The summed E-state index contributed by atoms with van der Waals surface area (Å²) in [6, 6.07) is -0.478. The van der Waals surface area contributed by atoms with Gasteiger partial charge in [-0.05, 0) is 38.5 Å². The topological polar surface area (TPSA) is 55.1 Å². The highest BCUT2D eigenvalue weighted by Gasteiger charge is 2.49. The summed E-state index contributed by atoms with van der Waals surface area (Å²) in [7, 11) is 0. The fourth-order valence-electron chi connectivity index (χ4n) is 2.59. The van der Waals surface area contributed by atoms with Crippen molar-refractivity contribution in [3.63, 3.8) is 0 Å². The third-order valence-corrected chi connectivity index (χ3v) is 3.54. The van der Waals surface area contributed by atoms with Gasteiger partial charge in [-0.15, -0.1) is 0 Å². The number of rotatable bonds is 1. The number of nitrogens with two attached hydrogens (primary N) is 1. The Bertz CT molecular complexity index is 217. The summed E-state index contributed by atoms with van der Waals surface area (Å²) in [5, 5.41) is 2.77. The predicted molar refractivity (Wildman–Crippen MR) is 47.0 cm³/mol. The molecule has 0 unspecified atom stereocenters. The lowest BCUT2D eigenvalue weighted by Gasteiger charge is -2.49. The number of fused-ring (bicyclic) bond motifs is 3. The number of halogens is 1. The van der Waals surface area contributed by atoms with Crippen LogP contribution in [0.15, 0.2) is 0 Å². The molecular formula is C9H15FN2O. The molecule has 13 heavy (non-hydrogen) atoms. The Labute approximate surface area is 76.9 Å². The molecule has 0 aliphatic heterocycles. The number of hydrogen-bond acceptors (Lipinski definition) is 1. The lowest BCUT2D eigenvalue weighted by atomic mass is 9.64. The van der Waals surface area contributed by atoms with E-state index in [0.29, 0.717) is 19.3 Å². The van der Waals surface area contributed by atoms with E-state index in [-0.39, 0.29) is 5.54 Å². The van der Waals surface area contributed by atoms with Crippen LogP contribution in [0.1, 0.15) is 38.5 Å². The van der Waals surface area contributed by atoms with E-state index < -0.39 is 11.7 Å². The minimum Gasteiger partial charge on any atom is -0.352 e. The summed E-state index contributed by atoms with van der Waals surface area (Å²) >= 11 is 0. The van der Waals surface area contributed by atoms with E-state index in [4.69, 9.17) is 5.73 Å². The van der Waals surface area contributed by atoms with Crippen LogP contribution in [0.4, 0.5) is 9.18 Å². The van der Waals surface area contributed by atoms with Crippen LogP contribution in [0.3, 0.4) is 0 Å². The zero-order valence-electron chi connectivity index (χ0n) is 7.61. The Balaban J connectivity index is 2.07. The average molecular weight is 186 g/mol. The highest BCUT2D eigenvalue weighted by Crippen LogP contribution is 2.48. The Kier molecular flexibility index (Phi) is 1.75. The van der Waals surface area contributed by atoms with Gasteiger partial charge in [-0.3, -0.25) is 0 Å². The zero-order valence-corrected chi connectivity index (χ0v) is 7.61. The van der Waals surface area contributed by atoms with Gasteiger partial charge >= 0.3 is 6.03 Å². The maximum atomic E-state index is 13.7. The van der Waals surface area contributed by atoms with Crippen molar-refractivity contribution in [2.75, 3.05) is 0 Å². The molecule has 0 aromatic carbocycles. The molecule has 4 heteroatoms. The van der Waals surface area contributed by atoms with Crippen molar-refractivity contribution in [3.05, 3.63) is 0 Å². The van der Waals surface area contributed by atoms with Crippen LogP contribution >= 0.6 is 0 Å². The van der Waals surface area contributed by atoms with Crippen LogP contribution in [0.2, 0.25) is 0 Å². The number of primary amides is 1. The van der Waals surface area contributed by atoms with Gasteiger partial charge in [0, 0.05) is 5.54 Å². The van der Waals surface area contributed by atoms with Gasteiger partial charge in [0.25, 0.3) is 0 Å². The number of alkyl halides is 1. The molecule has 2 bridgehead atoms. The molecule has 2 amide bonds. The van der Waals surface area contributed by atoms with Gasteiger partial charge in [0.05, 0.1) is 0 Å².